The lowest BCUT2D eigenvalue weighted by Crippen LogP contribution is -1.98. The SMILES string of the molecule is C=C1C(=O)Oc2ccc(S(=O)(=O)O)cc21. The minimum Gasteiger partial charge on any atom is -0.422 e. The molecular formula is C9H6O5S. The molecule has 1 heterocycles. The van der Waals surface area contributed by atoms with Gasteiger partial charge in [0.15, 0.2) is 0 Å². The summed E-state index contributed by atoms with van der Waals surface area (Å²) in [6.45, 7) is 3.45. The van der Waals surface area contributed by atoms with Crippen molar-refractivity contribution in [3.63, 3.8) is 0 Å². The fourth-order valence-corrected chi connectivity index (χ4v) is 1.77. The van der Waals surface area contributed by atoms with Crippen molar-refractivity contribution in [3.05, 3.63) is 30.3 Å². The molecule has 0 unspecified atom stereocenters. The van der Waals surface area contributed by atoms with Gasteiger partial charge in [0.1, 0.15) is 5.75 Å². The summed E-state index contributed by atoms with van der Waals surface area (Å²) in [5, 5.41) is 0. The molecule has 1 aliphatic rings. The van der Waals surface area contributed by atoms with Crippen LogP contribution < -0.4 is 4.74 Å². The van der Waals surface area contributed by atoms with E-state index >= 15 is 0 Å². The van der Waals surface area contributed by atoms with Gasteiger partial charge < -0.3 is 4.74 Å². The van der Waals surface area contributed by atoms with E-state index in [-0.39, 0.29) is 21.8 Å². The Morgan fingerprint density at radius 1 is 1.33 bits per heavy atom. The molecule has 1 N–H and O–H groups in total. The van der Waals surface area contributed by atoms with E-state index in [0.29, 0.717) is 0 Å². The van der Waals surface area contributed by atoms with Gasteiger partial charge in [-0.15, -0.1) is 0 Å². The van der Waals surface area contributed by atoms with Crippen LogP contribution in [-0.2, 0) is 14.9 Å². The van der Waals surface area contributed by atoms with Crippen molar-refractivity contribution in [3.8, 4) is 5.75 Å². The summed E-state index contributed by atoms with van der Waals surface area (Å²) in [5.74, 6) is -0.366. The molecule has 0 saturated carbocycles. The Labute approximate surface area is 85.7 Å². The second kappa shape index (κ2) is 2.91. The van der Waals surface area contributed by atoms with Crippen molar-refractivity contribution < 1.29 is 22.5 Å². The molecule has 1 aromatic rings. The fourth-order valence-electron chi connectivity index (χ4n) is 1.27. The van der Waals surface area contributed by atoms with Crippen LogP contribution in [0.3, 0.4) is 0 Å². The van der Waals surface area contributed by atoms with Gasteiger partial charge in [-0.25, -0.2) is 4.79 Å². The van der Waals surface area contributed by atoms with Gasteiger partial charge in [0.25, 0.3) is 10.1 Å². The molecule has 6 heteroatoms. The van der Waals surface area contributed by atoms with Gasteiger partial charge >= 0.3 is 5.97 Å². The highest BCUT2D eigenvalue weighted by atomic mass is 32.2. The Bertz CT molecular complexity index is 570. The summed E-state index contributed by atoms with van der Waals surface area (Å²) in [4.78, 5) is 10.8. The largest absolute Gasteiger partial charge is 0.422 e. The third-order valence-corrected chi connectivity index (χ3v) is 2.87. The summed E-state index contributed by atoms with van der Waals surface area (Å²) in [5.41, 5.74) is 0.366. The van der Waals surface area contributed by atoms with Crippen LogP contribution in [0, 0.1) is 0 Å². The normalized spacial score (nSPS) is 15.0. The Morgan fingerprint density at radius 3 is 2.60 bits per heavy atom. The van der Waals surface area contributed by atoms with E-state index in [2.05, 4.69) is 6.58 Å². The van der Waals surface area contributed by atoms with Crippen LogP contribution in [0.1, 0.15) is 5.56 Å². The number of carbonyl (C=O) groups excluding carboxylic acids is 1. The quantitative estimate of drug-likeness (QED) is 0.332. The van der Waals surface area contributed by atoms with E-state index in [9.17, 15) is 13.2 Å². The third-order valence-electron chi connectivity index (χ3n) is 2.02. The third kappa shape index (κ3) is 1.53. The molecule has 0 amide bonds. The molecule has 0 radical (unpaired) electrons. The molecule has 0 aliphatic carbocycles. The van der Waals surface area contributed by atoms with Crippen molar-refractivity contribution >= 4 is 21.7 Å². The molecule has 2 rings (SSSR count). The van der Waals surface area contributed by atoms with Crippen molar-refractivity contribution in [2.75, 3.05) is 0 Å². The lowest BCUT2D eigenvalue weighted by molar-refractivity contribution is -0.126. The topological polar surface area (TPSA) is 80.7 Å². The monoisotopic (exact) mass is 226 g/mol. The number of ether oxygens (including phenoxy) is 1. The molecule has 5 nitrogen and oxygen atoms in total. The predicted molar refractivity (Wildman–Crippen MR) is 50.9 cm³/mol. The number of rotatable bonds is 1. The number of carbonyl (C=O) groups is 1. The molecule has 1 aliphatic heterocycles. The second-order valence-corrected chi connectivity index (χ2v) is 4.42. The molecule has 0 saturated heterocycles. The highest BCUT2D eigenvalue weighted by Crippen LogP contribution is 2.34. The van der Waals surface area contributed by atoms with Crippen LogP contribution >= 0.6 is 0 Å². The zero-order valence-corrected chi connectivity index (χ0v) is 8.24. The Balaban J connectivity index is 2.64. The highest BCUT2D eigenvalue weighted by molar-refractivity contribution is 7.85. The minimum atomic E-state index is -4.27. The van der Waals surface area contributed by atoms with Gasteiger partial charge in [-0.3, -0.25) is 4.55 Å². The van der Waals surface area contributed by atoms with Crippen molar-refractivity contribution in [2.45, 2.75) is 4.90 Å². The standard InChI is InChI=1S/C9H6O5S/c1-5-7-4-6(15(11,12)13)2-3-8(7)14-9(5)10/h2-4H,1H2,(H,11,12,13). The number of hydrogen-bond donors (Lipinski definition) is 1. The number of hydrogen-bond acceptors (Lipinski definition) is 4. The van der Waals surface area contributed by atoms with E-state index in [0.717, 1.165) is 12.1 Å². The van der Waals surface area contributed by atoms with Crippen molar-refractivity contribution in [1.29, 1.82) is 0 Å². The number of benzene rings is 1. The van der Waals surface area contributed by atoms with Crippen LogP contribution in [0.15, 0.2) is 29.7 Å². The maximum Gasteiger partial charge on any atom is 0.343 e. The van der Waals surface area contributed by atoms with Crippen molar-refractivity contribution in [2.24, 2.45) is 0 Å². The maximum absolute atomic E-state index is 11.1. The lowest BCUT2D eigenvalue weighted by Gasteiger charge is -1.99. The fraction of sp³-hybridized carbons (Fsp3) is 0. The first-order valence-electron chi connectivity index (χ1n) is 3.92. The van der Waals surface area contributed by atoms with Crippen molar-refractivity contribution in [1.82, 2.24) is 0 Å². The Hall–Kier alpha value is -1.66. The summed E-state index contributed by atoms with van der Waals surface area (Å²) >= 11 is 0. The predicted octanol–water partition coefficient (Wildman–Crippen LogP) is 0.866. The zero-order valence-electron chi connectivity index (χ0n) is 7.43. The Kier molecular flexibility index (Phi) is 1.92. The van der Waals surface area contributed by atoms with Gasteiger partial charge in [0, 0.05) is 5.56 Å². The van der Waals surface area contributed by atoms with Crippen LogP contribution in [0.4, 0.5) is 0 Å². The van der Waals surface area contributed by atoms with E-state index in [1.807, 2.05) is 0 Å². The Morgan fingerprint density at radius 2 is 2.00 bits per heavy atom. The molecule has 0 spiro atoms. The second-order valence-electron chi connectivity index (χ2n) is 3.00. The first-order chi connectivity index (χ1) is 6.89. The molecular weight excluding hydrogens is 220 g/mol. The molecule has 0 aromatic heterocycles. The summed E-state index contributed by atoms with van der Waals surface area (Å²) in [7, 11) is -4.27. The van der Waals surface area contributed by atoms with Gasteiger partial charge in [-0.05, 0) is 18.2 Å². The van der Waals surface area contributed by atoms with Crippen LogP contribution in [-0.4, -0.2) is 18.9 Å². The van der Waals surface area contributed by atoms with E-state index in [1.54, 1.807) is 0 Å². The zero-order chi connectivity index (χ0) is 11.2. The summed E-state index contributed by atoms with van der Waals surface area (Å²) in [6.07, 6.45) is 0. The highest BCUT2D eigenvalue weighted by Gasteiger charge is 2.26. The average molecular weight is 226 g/mol. The van der Waals surface area contributed by atoms with Gasteiger partial charge in [0.05, 0.1) is 10.5 Å². The summed E-state index contributed by atoms with van der Waals surface area (Å²) < 4.78 is 35.2. The van der Waals surface area contributed by atoms with Gasteiger partial charge in [-0.2, -0.15) is 8.42 Å². The number of esters is 1. The smallest absolute Gasteiger partial charge is 0.343 e. The summed E-state index contributed by atoms with van der Waals surface area (Å²) in [6, 6.07) is 3.60. The maximum atomic E-state index is 11.1. The lowest BCUT2D eigenvalue weighted by atomic mass is 10.1. The van der Waals surface area contributed by atoms with Gasteiger partial charge in [0.2, 0.25) is 0 Å². The average Bonchev–Trinajstić information content (AvgIpc) is 2.41. The molecule has 15 heavy (non-hydrogen) atoms. The van der Waals surface area contributed by atoms with E-state index < -0.39 is 16.1 Å². The molecule has 78 valence electrons. The number of fused-ring (bicyclic) bond motifs is 1. The first-order valence-corrected chi connectivity index (χ1v) is 5.36. The van der Waals surface area contributed by atoms with E-state index in [4.69, 9.17) is 9.29 Å². The molecule has 0 bridgehead atoms. The van der Waals surface area contributed by atoms with Crippen LogP contribution in [0.25, 0.3) is 5.57 Å². The van der Waals surface area contributed by atoms with Gasteiger partial charge in [-0.1, -0.05) is 6.58 Å². The van der Waals surface area contributed by atoms with Crippen LogP contribution in [0.2, 0.25) is 0 Å². The molecule has 0 fully saturated rings. The van der Waals surface area contributed by atoms with E-state index in [1.165, 1.54) is 6.07 Å². The first kappa shape index (κ1) is 9.88. The molecule has 0 atom stereocenters. The molecule has 1 aromatic carbocycles. The minimum absolute atomic E-state index is 0.0792. The van der Waals surface area contributed by atoms with Crippen LogP contribution in [0.5, 0.6) is 5.75 Å².